The highest BCUT2D eigenvalue weighted by molar-refractivity contribution is 6.31. The lowest BCUT2D eigenvalue weighted by molar-refractivity contribution is -0.142. The Morgan fingerprint density at radius 2 is 1.78 bits per heavy atom. The van der Waals surface area contributed by atoms with Crippen molar-refractivity contribution >= 4 is 35.0 Å². The highest BCUT2D eigenvalue weighted by atomic mass is 35.5. The maximum absolute atomic E-state index is 12.9. The number of hydrogen-bond acceptors (Lipinski definition) is 3. The molecule has 0 aliphatic rings. The van der Waals surface area contributed by atoms with E-state index >= 15 is 0 Å². The third-order valence-electron chi connectivity index (χ3n) is 4.11. The van der Waals surface area contributed by atoms with Gasteiger partial charge in [-0.05, 0) is 42.3 Å². The van der Waals surface area contributed by atoms with E-state index in [1.54, 1.807) is 37.4 Å². The fraction of sp³-hybridized carbons (Fsp3) is 0.300. The Morgan fingerprint density at radius 1 is 1.11 bits per heavy atom. The van der Waals surface area contributed by atoms with Gasteiger partial charge in [-0.1, -0.05) is 48.3 Å². The molecule has 0 unspecified atom stereocenters. The summed E-state index contributed by atoms with van der Waals surface area (Å²) in [4.78, 5) is 26.6. The van der Waals surface area contributed by atoms with Gasteiger partial charge in [-0.15, -0.1) is 0 Å². The third-order valence-corrected chi connectivity index (χ3v) is 4.73. The topological polar surface area (TPSA) is 58.6 Å². The van der Waals surface area contributed by atoms with Gasteiger partial charge >= 0.3 is 0 Å². The molecule has 2 aromatic carbocycles. The van der Waals surface area contributed by atoms with Crippen LogP contribution in [0.4, 0.5) is 0 Å². The van der Waals surface area contributed by atoms with E-state index in [9.17, 15) is 9.59 Å². The molecule has 5 nitrogen and oxygen atoms in total. The van der Waals surface area contributed by atoms with Gasteiger partial charge in [0.05, 0.1) is 0 Å². The second-order valence-electron chi connectivity index (χ2n) is 5.89. The molecule has 1 N–H and O–H groups in total. The number of amides is 2. The minimum absolute atomic E-state index is 0.195. The van der Waals surface area contributed by atoms with Crippen LogP contribution in [0.1, 0.15) is 18.9 Å². The average molecular weight is 409 g/mol. The Balaban J connectivity index is 2.19. The molecule has 0 saturated heterocycles. The maximum atomic E-state index is 12.9. The van der Waals surface area contributed by atoms with Crippen LogP contribution in [0.5, 0.6) is 5.75 Å². The Morgan fingerprint density at radius 3 is 2.37 bits per heavy atom. The summed E-state index contributed by atoms with van der Waals surface area (Å²) in [5, 5.41) is 3.74. The quantitative estimate of drug-likeness (QED) is 0.719. The normalized spacial score (nSPS) is 11.6. The molecule has 0 radical (unpaired) electrons. The van der Waals surface area contributed by atoms with Crippen molar-refractivity contribution in [1.82, 2.24) is 10.2 Å². The van der Waals surface area contributed by atoms with Gasteiger partial charge in [-0.25, -0.2) is 0 Å². The van der Waals surface area contributed by atoms with Crippen LogP contribution in [0.3, 0.4) is 0 Å². The smallest absolute Gasteiger partial charge is 0.261 e. The first-order valence-corrected chi connectivity index (χ1v) is 9.34. The number of likely N-dealkylation sites (N-methyl/N-ethyl adjacent to an activating group) is 1. The molecule has 0 saturated carbocycles. The van der Waals surface area contributed by atoms with Crippen molar-refractivity contribution in [1.29, 1.82) is 0 Å². The fourth-order valence-electron chi connectivity index (χ4n) is 2.66. The number of nitrogens with zero attached hydrogens (tertiary/aromatic N) is 1. The Bertz CT molecular complexity index is 781. The molecule has 0 bridgehead atoms. The molecule has 0 aromatic heterocycles. The molecule has 144 valence electrons. The second-order valence-corrected chi connectivity index (χ2v) is 6.74. The van der Waals surface area contributed by atoms with E-state index in [-0.39, 0.29) is 25.0 Å². The molecule has 1 atom stereocenters. The summed E-state index contributed by atoms with van der Waals surface area (Å²) >= 11 is 12.1. The van der Waals surface area contributed by atoms with Crippen molar-refractivity contribution in [2.75, 3.05) is 13.7 Å². The molecule has 0 spiro atoms. The molecule has 27 heavy (non-hydrogen) atoms. The number of nitrogens with one attached hydrogen (secondary N) is 1. The maximum Gasteiger partial charge on any atom is 0.261 e. The lowest BCUT2D eigenvalue weighted by Crippen LogP contribution is -2.49. The minimum Gasteiger partial charge on any atom is -0.484 e. The number of benzene rings is 2. The van der Waals surface area contributed by atoms with Crippen LogP contribution in [-0.2, 0) is 16.1 Å². The van der Waals surface area contributed by atoms with Crippen molar-refractivity contribution in [3.05, 3.63) is 64.1 Å². The summed E-state index contributed by atoms with van der Waals surface area (Å²) in [5.41, 5.74) is 0.765. The van der Waals surface area contributed by atoms with Crippen molar-refractivity contribution in [3.63, 3.8) is 0 Å². The summed E-state index contributed by atoms with van der Waals surface area (Å²) in [6.07, 6.45) is 0.469. The van der Waals surface area contributed by atoms with E-state index in [0.29, 0.717) is 22.2 Å². The van der Waals surface area contributed by atoms with Gasteiger partial charge in [0.1, 0.15) is 11.8 Å². The predicted molar refractivity (Wildman–Crippen MR) is 107 cm³/mol. The highest BCUT2D eigenvalue weighted by Gasteiger charge is 2.28. The number of hydrogen-bond donors (Lipinski definition) is 1. The molecule has 0 fully saturated rings. The third kappa shape index (κ3) is 5.88. The fourth-order valence-corrected chi connectivity index (χ4v) is 2.98. The van der Waals surface area contributed by atoms with E-state index in [2.05, 4.69) is 5.32 Å². The first-order chi connectivity index (χ1) is 13.0. The van der Waals surface area contributed by atoms with Gasteiger partial charge < -0.3 is 15.0 Å². The van der Waals surface area contributed by atoms with Gasteiger partial charge in [0.25, 0.3) is 5.91 Å². The van der Waals surface area contributed by atoms with Gasteiger partial charge in [-0.3, -0.25) is 9.59 Å². The van der Waals surface area contributed by atoms with Crippen LogP contribution in [-0.4, -0.2) is 36.4 Å². The van der Waals surface area contributed by atoms with Crippen molar-refractivity contribution in [2.24, 2.45) is 0 Å². The molecule has 0 heterocycles. The Labute approximate surface area is 169 Å². The minimum atomic E-state index is -0.618. The van der Waals surface area contributed by atoms with Crippen LogP contribution in [0, 0.1) is 0 Å². The SMILES string of the molecule is CC[C@H](C(=O)NC)N(Cc1ccccc1Cl)C(=O)COc1ccc(Cl)cc1. The van der Waals surface area contributed by atoms with Gasteiger partial charge in [0.2, 0.25) is 5.91 Å². The molecular weight excluding hydrogens is 387 g/mol. The number of carbonyl (C=O) groups excluding carboxylic acids is 2. The van der Waals surface area contributed by atoms with E-state index < -0.39 is 6.04 Å². The van der Waals surface area contributed by atoms with Crippen molar-refractivity contribution < 1.29 is 14.3 Å². The Kier molecular flexibility index (Phi) is 7.95. The number of ether oxygens (including phenoxy) is 1. The van der Waals surface area contributed by atoms with Gasteiger partial charge in [-0.2, -0.15) is 0 Å². The van der Waals surface area contributed by atoms with Gasteiger partial charge in [0.15, 0.2) is 6.61 Å². The summed E-state index contributed by atoms with van der Waals surface area (Å²) in [5.74, 6) is -0.0110. The number of carbonyl (C=O) groups is 2. The van der Waals surface area contributed by atoms with Crippen LogP contribution < -0.4 is 10.1 Å². The number of rotatable bonds is 8. The molecule has 2 aromatic rings. The lowest BCUT2D eigenvalue weighted by Gasteiger charge is -2.30. The van der Waals surface area contributed by atoms with E-state index in [0.717, 1.165) is 5.56 Å². The summed E-state index contributed by atoms with van der Waals surface area (Å²) < 4.78 is 5.57. The summed E-state index contributed by atoms with van der Waals surface area (Å²) in [6.45, 7) is 1.88. The average Bonchev–Trinajstić information content (AvgIpc) is 2.68. The molecule has 0 aliphatic carbocycles. The van der Waals surface area contributed by atoms with E-state index in [4.69, 9.17) is 27.9 Å². The van der Waals surface area contributed by atoms with E-state index in [1.807, 2.05) is 25.1 Å². The molecular formula is C20H22Cl2N2O3. The molecule has 2 rings (SSSR count). The predicted octanol–water partition coefficient (Wildman–Crippen LogP) is 3.93. The van der Waals surface area contributed by atoms with Crippen molar-refractivity contribution in [2.45, 2.75) is 25.9 Å². The zero-order valence-corrected chi connectivity index (χ0v) is 16.8. The molecule has 7 heteroatoms. The zero-order chi connectivity index (χ0) is 19.8. The number of halogens is 2. The van der Waals surface area contributed by atoms with Gasteiger partial charge in [0, 0.05) is 23.6 Å². The van der Waals surface area contributed by atoms with Crippen LogP contribution in [0.25, 0.3) is 0 Å². The molecule has 0 aliphatic heterocycles. The van der Waals surface area contributed by atoms with Crippen molar-refractivity contribution in [3.8, 4) is 5.75 Å². The summed E-state index contributed by atoms with van der Waals surface area (Å²) in [6, 6.07) is 13.4. The Hall–Kier alpha value is -2.24. The zero-order valence-electron chi connectivity index (χ0n) is 15.2. The standard InChI is InChI=1S/C20H22Cl2N2O3/c1-3-18(20(26)23-2)24(12-14-6-4-5-7-17(14)22)19(25)13-27-16-10-8-15(21)9-11-16/h4-11,18H,3,12-13H2,1-2H3,(H,23,26)/t18-/m1/s1. The van der Waals surface area contributed by atoms with Crippen LogP contribution >= 0.6 is 23.2 Å². The second kappa shape index (κ2) is 10.2. The highest BCUT2D eigenvalue weighted by Crippen LogP contribution is 2.20. The van der Waals surface area contributed by atoms with Crippen LogP contribution in [0.2, 0.25) is 10.0 Å². The van der Waals surface area contributed by atoms with Crippen LogP contribution in [0.15, 0.2) is 48.5 Å². The molecule has 2 amide bonds. The first kappa shape index (κ1) is 21.1. The largest absolute Gasteiger partial charge is 0.484 e. The first-order valence-electron chi connectivity index (χ1n) is 8.59. The van der Waals surface area contributed by atoms with E-state index in [1.165, 1.54) is 4.90 Å². The lowest BCUT2D eigenvalue weighted by atomic mass is 10.1. The summed E-state index contributed by atoms with van der Waals surface area (Å²) in [7, 11) is 1.55. The monoisotopic (exact) mass is 408 g/mol.